The molecule has 2 aliphatic heterocycles. The Morgan fingerprint density at radius 2 is 1.58 bits per heavy atom. The van der Waals surface area contributed by atoms with Crippen LogP contribution in [0.2, 0.25) is 5.02 Å². The Balaban J connectivity index is 1.17. The monoisotopic (exact) mass is 438 g/mol. The van der Waals surface area contributed by atoms with Gasteiger partial charge >= 0.3 is 6.03 Å². The Morgan fingerprint density at radius 3 is 2.26 bits per heavy atom. The minimum atomic E-state index is -0.0417. The molecule has 2 aromatic rings. The summed E-state index contributed by atoms with van der Waals surface area (Å²) >= 11 is 5.92. The molecule has 164 valence electrons. The fraction of sp³-hybridized carbons (Fsp3) is 0.480. The van der Waals surface area contributed by atoms with Gasteiger partial charge in [-0.25, -0.2) is 4.79 Å². The topological polar surface area (TPSA) is 38.8 Å². The van der Waals surface area contributed by atoms with E-state index in [-0.39, 0.29) is 6.03 Å². The predicted molar refractivity (Wildman–Crippen MR) is 127 cm³/mol. The molecule has 0 aromatic heterocycles. The molecule has 6 heteroatoms. The van der Waals surface area contributed by atoms with Crippen LogP contribution >= 0.6 is 11.6 Å². The van der Waals surface area contributed by atoms with Gasteiger partial charge in [0.1, 0.15) is 0 Å². The lowest BCUT2D eigenvalue weighted by Crippen LogP contribution is -2.50. The van der Waals surface area contributed by atoms with E-state index in [0.717, 1.165) is 44.3 Å². The van der Waals surface area contributed by atoms with E-state index in [1.807, 2.05) is 17.0 Å². The largest absolute Gasteiger partial charge is 0.368 e. The zero-order valence-electron chi connectivity index (χ0n) is 18.0. The van der Waals surface area contributed by atoms with E-state index in [0.29, 0.717) is 5.02 Å². The number of rotatable bonds is 3. The highest BCUT2D eigenvalue weighted by Gasteiger charge is 2.27. The van der Waals surface area contributed by atoms with Gasteiger partial charge in [-0.15, -0.1) is 0 Å². The quantitative estimate of drug-likeness (QED) is 0.758. The average molecular weight is 439 g/mol. The standard InChI is InChI=1S/C25H31ClN4O/c26-21-5-7-22(8-6-21)27-25(31)30-16-14-29(15-17-30)24-9-4-19-10-12-28(23-2-1-3-23)13-11-20(19)18-24/h4-9,18,23H,1-3,10-17H2,(H,27,31). The third-order valence-electron chi connectivity index (χ3n) is 7.15. The van der Waals surface area contributed by atoms with Crippen LogP contribution in [-0.2, 0) is 12.8 Å². The molecule has 0 radical (unpaired) electrons. The number of fused-ring (bicyclic) bond motifs is 1. The number of hydrogen-bond donors (Lipinski definition) is 1. The Morgan fingerprint density at radius 1 is 0.871 bits per heavy atom. The summed E-state index contributed by atoms with van der Waals surface area (Å²) in [5.41, 5.74) is 5.11. The summed E-state index contributed by atoms with van der Waals surface area (Å²) in [4.78, 5) is 19.6. The van der Waals surface area contributed by atoms with Crippen molar-refractivity contribution in [3.8, 4) is 0 Å². The number of anilines is 2. The van der Waals surface area contributed by atoms with Crippen LogP contribution in [0.25, 0.3) is 0 Å². The highest BCUT2D eigenvalue weighted by molar-refractivity contribution is 6.30. The zero-order valence-corrected chi connectivity index (χ0v) is 18.8. The number of nitrogens with one attached hydrogen (secondary N) is 1. The second kappa shape index (κ2) is 9.09. The number of carbonyl (C=O) groups excluding carboxylic acids is 1. The van der Waals surface area contributed by atoms with Gasteiger partial charge in [0.05, 0.1) is 0 Å². The summed E-state index contributed by atoms with van der Waals surface area (Å²) in [7, 11) is 0. The van der Waals surface area contributed by atoms with E-state index in [4.69, 9.17) is 11.6 Å². The number of halogens is 1. The number of nitrogens with zero attached hydrogens (tertiary/aromatic N) is 3. The average Bonchev–Trinajstić information content (AvgIpc) is 2.96. The van der Waals surface area contributed by atoms with Crippen LogP contribution in [0.15, 0.2) is 42.5 Å². The molecule has 5 nitrogen and oxygen atoms in total. The fourth-order valence-corrected chi connectivity index (χ4v) is 5.07. The van der Waals surface area contributed by atoms with E-state index >= 15 is 0 Å². The first kappa shape index (κ1) is 20.7. The van der Waals surface area contributed by atoms with Crippen LogP contribution < -0.4 is 10.2 Å². The van der Waals surface area contributed by atoms with Crippen LogP contribution in [0, 0.1) is 0 Å². The number of urea groups is 1. The summed E-state index contributed by atoms with van der Waals surface area (Å²) in [5.74, 6) is 0. The molecule has 0 unspecified atom stereocenters. The number of piperazine rings is 1. The first-order chi connectivity index (χ1) is 15.2. The van der Waals surface area contributed by atoms with Gasteiger partial charge in [-0.05, 0) is 73.2 Å². The van der Waals surface area contributed by atoms with E-state index in [1.165, 1.54) is 55.6 Å². The van der Waals surface area contributed by atoms with Gasteiger partial charge in [0, 0.05) is 61.7 Å². The Labute approximate surface area is 190 Å². The Hall–Kier alpha value is -2.24. The summed E-state index contributed by atoms with van der Waals surface area (Å²) in [6.07, 6.45) is 6.50. The maximum atomic E-state index is 12.6. The lowest BCUT2D eigenvalue weighted by Gasteiger charge is -2.36. The molecule has 1 N–H and O–H groups in total. The highest BCUT2D eigenvalue weighted by atomic mass is 35.5. The van der Waals surface area contributed by atoms with Gasteiger partial charge in [-0.1, -0.05) is 24.1 Å². The summed E-state index contributed by atoms with van der Waals surface area (Å²) < 4.78 is 0. The fourth-order valence-electron chi connectivity index (χ4n) is 4.95. The zero-order chi connectivity index (χ0) is 21.2. The first-order valence-electron chi connectivity index (χ1n) is 11.6. The normalized spacial score (nSPS) is 20.0. The molecular formula is C25H31ClN4O. The van der Waals surface area contributed by atoms with Crippen molar-refractivity contribution in [1.29, 1.82) is 0 Å². The van der Waals surface area contributed by atoms with Gasteiger partial charge in [-0.2, -0.15) is 0 Å². The molecule has 3 aliphatic rings. The molecule has 5 rings (SSSR count). The Kier molecular flexibility index (Phi) is 6.06. The molecule has 1 saturated heterocycles. The summed E-state index contributed by atoms with van der Waals surface area (Å²) in [6.45, 7) is 5.58. The smallest absolute Gasteiger partial charge is 0.321 e. The van der Waals surface area contributed by atoms with Gasteiger partial charge in [0.2, 0.25) is 0 Å². The molecule has 2 aromatic carbocycles. The lowest BCUT2D eigenvalue weighted by molar-refractivity contribution is 0.133. The minimum Gasteiger partial charge on any atom is -0.368 e. The van der Waals surface area contributed by atoms with Gasteiger partial charge < -0.3 is 15.1 Å². The second-order valence-corrected chi connectivity index (χ2v) is 9.42. The van der Waals surface area contributed by atoms with E-state index in [2.05, 4.69) is 33.3 Å². The first-order valence-corrected chi connectivity index (χ1v) is 12.0. The van der Waals surface area contributed by atoms with E-state index in [9.17, 15) is 4.79 Å². The second-order valence-electron chi connectivity index (χ2n) is 8.98. The van der Waals surface area contributed by atoms with Gasteiger partial charge in [0.25, 0.3) is 0 Å². The van der Waals surface area contributed by atoms with E-state index in [1.54, 1.807) is 12.1 Å². The van der Waals surface area contributed by atoms with Crippen molar-refractivity contribution in [3.63, 3.8) is 0 Å². The van der Waals surface area contributed by atoms with Crippen LogP contribution in [0.5, 0.6) is 0 Å². The number of amides is 2. The van der Waals surface area contributed by atoms with E-state index < -0.39 is 0 Å². The van der Waals surface area contributed by atoms with Crippen molar-refractivity contribution in [2.24, 2.45) is 0 Å². The Bertz CT molecular complexity index is 920. The number of carbonyl (C=O) groups is 1. The molecule has 0 bridgehead atoms. The number of benzene rings is 2. The molecule has 2 fully saturated rings. The van der Waals surface area contributed by atoms with Crippen molar-refractivity contribution in [2.75, 3.05) is 49.5 Å². The third kappa shape index (κ3) is 4.68. The third-order valence-corrected chi connectivity index (χ3v) is 7.40. The van der Waals surface area contributed by atoms with Crippen LogP contribution in [0.3, 0.4) is 0 Å². The van der Waals surface area contributed by atoms with Crippen LogP contribution in [-0.4, -0.2) is 61.1 Å². The maximum Gasteiger partial charge on any atom is 0.321 e. The molecular weight excluding hydrogens is 408 g/mol. The molecule has 0 spiro atoms. The van der Waals surface area contributed by atoms with Crippen molar-refractivity contribution in [2.45, 2.75) is 38.1 Å². The lowest BCUT2D eigenvalue weighted by atomic mass is 9.91. The van der Waals surface area contributed by atoms with Crippen molar-refractivity contribution >= 4 is 29.0 Å². The molecule has 2 amide bonds. The molecule has 31 heavy (non-hydrogen) atoms. The van der Waals surface area contributed by atoms with Crippen LogP contribution in [0.1, 0.15) is 30.4 Å². The molecule has 1 aliphatic carbocycles. The van der Waals surface area contributed by atoms with Crippen molar-refractivity contribution in [1.82, 2.24) is 9.80 Å². The van der Waals surface area contributed by atoms with Crippen LogP contribution in [0.4, 0.5) is 16.2 Å². The molecule has 1 saturated carbocycles. The maximum absolute atomic E-state index is 12.6. The van der Waals surface area contributed by atoms with Gasteiger partial charge in [-0.3, -0.25) is 4.90 Å². The highest BCUT2D eigenvalue weighted by Crippen LogP contribution is 2.29. The molecule has 0 atom stereocenters. The predicted octanol–water partition coefficient (Wildman–Crippen LogP) is 4.65. The SMILES string of the molecule is O=C(Nc1ccc(Cl)cc1)N1CCN(c2ccc3c(c2)CCN(C2CCC2)CC3)CC1. The summed E-state index contributed by atoms with van der Waals surface area (Å²) in [6, 6.07) is 15.1. The van der Waals surface area contributed by atoms with Crippen molar-refractivity contribution in [3.05, 3.63) is 58.6 Å². The summed E-state index contributed by atoms with van der Waals surface area (Å²) in [5, 5.41) is 3.64. The van der Waals surface area contributed by atoms with Crippen molar-refractivity contribution < 1.29 is 4.79 Å². The molecule has 2 heterocycles. The number of hydrogen-bond acceptors (Lipinski definition) is 3. The van der Waals surface area contributed by atoms with Gasteiger partial charge in [0.15, 0.2) is 0 Å². The minimum absolute atomic E-state index is 0.0417.